The number of nitrogens with two attached hydrogens (primary N) is 2. The van der Waals surface area contributed by atoms with E-state index in [-0.39, 0.29) is 20.2 Å². The van der Waals surface area contributed by atoms with Crippen molar-refractivity contribution in [2.24, 2.45) is 10.3 Å². The predicted octanol–water partition coefficient (Wildman–Crippen LogP) is 1.78. The molecule has 30 heavy (non-hydrogen) atoms. The van der Waals surface area contributed by atoms with Crippen molar-refractivity contribution in [1.82, 2.24) is 9.97 Å². The van der Waals surface area contributed by atoms with Crippen LogP contribution >= 0.6 is 22.7 Å². The van der Waals surface area contributed by atoms with E-state index >= 15 is 0 Å². The van der Waals surface area contributed by atoms with Crippen LogP contribution in [0.5, 0.6) is 11.5 Å². The minimum atomic E-state index is -3.94. The standard InChI is InChI=1S/C15H10N4O7S4/c16-29(21,22)13-18-9-3-1-7(5-11(9)27-13)25-15(20)26-8-2-4-10-12(6-8)28-14(19-10)30(17,23)24/h1-6H,(H2,16,21,22)(H2,17,23,24). The quantitative estimate of drug-likeness (QED) is 0.321. The van der Waals surface area contributed by atoms with E-state index in [0.717, 1.165) is 22.7 Å². The molecule has 0 aliphatic heterocycles. The van der Waals surface area contributed by atoms with Crippen molar-refractivity contribution in [2.45, 2.75) is 8.68 Å². The summed E-state index contributed by atoms with van der Waals surface area (Å²) in [5.41, 5.74) is 0.761. The van der Waals surface area contributed by atoms with Gasteiger partial charge in [-0.15, -0.1) is 22.7 Å². The summed E-state index contributed by atoms with van der Waals surface area (Å²) in [6, 6.07) is 8.63. The molecule has 2 aromatic carbocycles. The van der Waals surface area contributed by atoms with Crippen LogP contribution in [0.1, 0.15) is 0 Å². The number of carbonyl (C=O) groups is 1. The van der Waals surface area contributed by atoms with Crippen molar-refractivity contribution in [2.75, 3.05) is 0 Å². The normalized spacial score (nSPS) is 12.3. The summed E-state index contributed by atoms with van der Waals surface area (Å²) in [5, 5.41) is 10.1. The van der Waals surface area contributed by atoms with Crippen molar-refractivity contribution in [3.63, 3.8) is 0 Å². The number of hydrogen-bond donors (Lipinski definition) is 2. The Hall–Kier alpha value is -2.69. The fourth-order valence-electron chi connectivity index (χ4n) is 2.35. The number of aromatic nitrogens is 2. The first kappa shape index (κ1) is 20.6. The van der Waals surface area contributed by atoms with Crippen LogP contribution in [0.2, 0.25) is 0 Å². The van der Waals surface area contributed by atoms with Crippen molar-refractivity contribution in [1.29, 1.82) is 0 Å². The highest BCUT2D eigenvalue weighted by atomic mass is 32.3. The lowest BCUT2D eigenvalue weighted by Crippen LogP contribution is -2.13. The molecule has 0 saturated carbocycles. The summed E-state index contributed by atoms with van der Waals surface area (Å²) in [4.78, 5) is 19.9. The van der Waals surface area contributed by atoms with E-state index < -0.39 is 26.2 Å². The second kappa shape index (κ2) is 7.22. The van der Waals surface area contributed by atoms with Gasteiger partial charge in [-0.1, -0.05) is 0 Å². The van der Waals surface area contributed by atoms with Crippen molar-refractivity contribution >= 4 is 69.3 Å². The lowest BCUT2D eigenvalue weighted by molar-refractivity contribution is 0.152. The van der Waals surface area contributed by atoms with Crippen LogP contribution in [-0.2, 0) is 20.0 Å². The lowest BCUT2D eigenvalue weighted by atomic mass is 10.3. The largest absolute Gasteiger partial charge is 0.519 e. The first-order valence-corrected chi connectivity index (χ1v) is 12.5. The minimum Gasteiger partial charge on any atom is -0.395 e. The van der Waals surface area contributed by atoms with E-state index in [9.17, 15) is 21.6 Å². The van der Waals surface area contributed by atoms with Crippen molar-refractivity contribution in [3.8, 4) is 11.5 Å². The molecule has 2 heterocycles. The molecule has 0 fully saturated rings. The Morgan fingerprint density at radius 2 is 1.17 bits per heavy atom. The van der Waals surface area contributed by atoms with Crippen molar-refractivity contribution in [3.05, 3.63) is 36.4 Å². The number of rotatable bonds is 4. The van der Waals surface area contributed by atoms with E-state index in [4.69, 9.17) is 19.8 Å². The van der Waals surface area contributed by atoms with Gasteiger partial charge in [-0.3, -0.25) is 0 Å². The van der Waals surface area contributed by atoms with E-state index in [2.05, 4.69) is 9.97 Å². The Morgan fingerprint density at radius 3 is 1.53 bits per heavy atom. The van der Waals surface area contributed by atoms with Crippen LogP contribution in [0, 0.1) is 0 Å². The highest BCUT2D eigenvalue weighted by Crippen LogP contribution is 2.30. The maximum atomic E-state index is 12.1. The van der Waals surface area contributed by atoms with Crippen LogP contribution in [-0.4, -0.2) is 33.0 Å². The number of thiazole rings is 2. The molecule has 0 atom stereocenters. The third kappa shape index (κ3) is 4.25. The summed E-state index contributed by atoms with van der Waals surface area (Å²) in [7, 11) is -7.88. The topological polar surface area (TPSA) is 182 Å². The van der Waals surface area contributed by atoms with Crippen LogP contribution in [0.4, 0.5) is 4.79 Å². The number of carbonyl (C=O) groups excluding carboxylic acids is 1. The molecule has 0 radical (unpaired) electrons. The molecule has 0 spiro atoms. The molecule has 0 saturated heterocycles. The van der Waals surface area contributed by atoms with Crippen LogP contribution in [0.15, 0.2) is 45.1 Å². The van der Waals surface area contributed by atoms with E-state index in [0.29, 0.717) is 20.4 Å². The summed E-state index contributed by atoms with van der Waals surface area (Å²) >= 11 is 1.67. The summed E-state index contributed by atoms with van der Waals surface area (Å²) in [6.07, 6.45) is -1.05. The molecule has 0 aliphatic carbocycles. The maximum absolute atomic E-state index is 12.1. The molecule has 0 unspecified atom stereocenters. The molecule has 0 aliphatic rings. The van der Waals surface area contributed by atoms with Gasteiger partial charge in [0.15, 0.2) is 0 Å². The Bertz CT molecular complexity index is 1410. The van der Waals surface area contributed by atoms with Gasteiger partial charge >= 0.3 is 6.16 Å². The molecule has 4 N–H and O–H groups in total. The van der Waals surface area contributed by atoms with Gasteiger partial charge < -0.3 is 9.47 Å². The Balaban J connectivity index is 1.53. The Kier molecular flexibility index (Phi) is 4.95. The number of benzene rings is 2. The zero-order chi connectivity index (χ0) is 21.7. The zero-order valence-electron chi connectivity index (χ0n) is 14.5. The third-order valence-electron chi connectivity index (χ3n) is 3.57. The van der Waals surface area contributed by atoms with E-state index in [1.54, 1.807) is 0 Å². The first-order chi connectivity index (χ1) is 14.0. The molecule has 11 nitrogen and oxygen atoms in total. The SMILES string of the molecule is NS(=O)(=O)c1nc2ccc(OC(=O)Oc3ccc4nc(S(N)(=O)=O)sc4c3)cc2s1. The van der Waals surface area contributed by atoms with Gasteiger partial charge in [0.25, 0.3) is 20.0 Å². The van der Waals surface area contributed by atoms with Crippen LogP contribution < -0.4 is 19.8 Å². The van der Waals surface area contributed by atoms with E-state index in [1.165, 1.54) is 36.4 Å². The van der Waals surface area contributed by atoms with Crippen LogP contribution in [0.3, 0.4) is 0 Å². The summed E-state index contributed by atoms with van der Waals surface area (Å²) in [5.74, 6) is 0.208. The first-order valence-electron chi connectivity index (χ1n) is 7.75. The second-order valence-electron chi connectivity index (χ2n) is 5.76. The molecular weight excluding hydrogens is 476 g/mol. The van der Waals surface area contributed by atoms with Gasteiger partial charge in [-0.05, 0) is 24.3 Å². The molecule has 0 amide bonds. The minimum absolute atomic E-state index is 0.104. The van der Waals surface area contributed by atoms with Crippen molar-refractivity contribution < 1.29 is 31.1 Å². The monoisotopic (exact) mass is 486 g/mol. The number of fused-ring (bicyclic) bond motifs is 2. The average molecular weight is 487 g/mol. The van der Waals surface area contributed by atoms with E-state index in [1.807, 2.05) is 0 Å². The lowest BCUT2D eigenvalue weighted by Gasteiger charge is -2.05. The highest BCUT2D eigenvalue weighted by molar-refractivity contribution is 7.91. The number of sulfonamides is 2. The van der Waals surface area contributed by atoms with Gasteiger partial charge in [0.05, 0.1) is 20.4 Å². The fraction of sp³-hybridized carbons (Fsp3) is 0. The molecule has 15 heteroatoms. The number of primary sulfonamides is 2. The number of ether oxygens (including phenoxy) is 2. The second-order valence-corrected chi connectivity index (χ2v) is 11.3. The maximum Gasteiger partial charge on any atom is 0.519 e. The smallest absolute Gasteiger partial charge is 0.395 e. The van der Waals surface area contributed by atoms with Gasteiger partial charge in [0, 0.05) is 12.1 Å². The number of hydrogen-bond acceptors (Lipinski definition) is 11. The summed E-state index contributed by atoms with van der Waals surface area (Å²) < 4.78 is 56.2. The van der Waals surface area contributed by atoms with Gasteiger partial charge in [0.1, 0.15) is 11.5 Å². The zero-order valence-corrected chi connectivity index (χ0v) is 17.8. The number of nitrogens with zero attached hydrogens (tertiary/aromatic N) is 2. The van der Waals surface area contributed by atoms with Crippen LogP contribution in [0.25, 0.3) is 20.4 Å². The Morgan fingerprint density at radius 1 is 0.767 bits per heavy atom. The predicted molar refractivity (Wildman–Crippen MR) is 109 cm³/mol. The molecule has 156 valence electrons. The molecule has 4 rings (SSSR count). The summed E-state index contributed by atoms with van der Waals surface area (Å²) in [6.45, 7) is 0. The molecule has 2 aromatic heterocycles. The van der Waals surface area contributed by atoms with Gasteiger partial charge in [-0.25, -0.2) is 41.9 Å². The third-order valence-corrected chi connectivity index (χ3v) is 8.25. The molecular formula is C15H10N4O7S4. The molecule has 0 bridgehead atoms. The Labute approximate surface area is 177 Å². The van der Waals surface area contributed by atoms with Gasteiger partial charge in [0.2, 0.25) is 8.68 Å². The average Bonchev–Trinajstić information content (AvgIpc) is 3.24. The van der Waals surface area contributed by atoms with Gasteiger partial charge in [-0.2, -0.15) is 0 Å². The molecule has 4 aromatic rings. The highest BCUT2D eigenvalue weighted by Gasteiger charge is 2.17. The fourth-order valence-corrected chi connectivity index (χ4v) is 5.72.